The first kappa shape index (κ1) is 13.6. The van der Waals surface area contributed by atoms with E-state index in [9.17, 15) is 0 Å². The largest absolute Gasteiger partial charge is 0.376 e. The molecule has 0 spiro atoms. The third-order valence-electron chi connectivity index (χ3n) is 2.98. The van der Waals surface area contributed by atoms with Gasteiger partial charge in [0.1, 0.15) is 0 Å². The summed E-state index contributed by atoms with van der Waals surface area (Å²) in [6, 6.07) is 17.6. The van der Waals surface area contributed by atoms with Gasteiger partial charge in [-0.3, -0.25) is 0 Å². The zero-order valence-electron chi connectivity index (χ0n) is 11.3. The summed E-state index contributed by atoms with van der Waals surface area (Å²) < 4.78 is 5.23. The van der Waals surface area contributed by atoms with E-state index in [1.807, 2.05) is 54.6 Å². The highest BCUT2D eigenvalue weighted by atomic mass is 35.5. The molecule has 0 unspecified atom stereocenters. The van der Waals surface area contributed by atoms with E-state index >= 15 is 0 Å². The summed E-state index contributed by atoms with van der Waals surface area (Å²) in [4.78, 5) is 4.37. The second-order valence-electron chi connectivity index (χ2n) is 4.63. The van der Waals surface area contributed by atoms with Crippen LogP contribution in [0.4, 0.5) is 5.69 Å². The monoisotopic (exact) mass is 299 g/mol. The van der Waals surface area contributed by atoms with Gasteiger partial charge in [0.15, 0.2) is 5.82 Å². The maximum Gasteiger partial charge on any atom is 0.245 e. The fraction of sp³-hybridized carbons (Fsp3) is 0.125. The Kier molecular flexibility index (Phi) is 4.17. The summed E-state index contributed by atoms with van der Waals surface area (Å²) in [5.41, 5.74) is 2.08. The van der Waals surface area contributed by atoms with Crippen LogP contribution in [0.2, 0.25) is 5.02 Å². The van der Waals surface area contributed by atoms with Crippen molar-refractivity contribution >= 4 is 17.3 Å². The fourth-order valence-electron chi connectivity index (χ4n) is 1.99. The second kappa shape index (κ2) is 6.41. The van der Waals surface area contributed by atoms with E-state index in [0.717, 1.165) is 11.3 Å². The third-order valence-corrected chi connectivity index (χ3v) is 3.22. The van der Waals surface area contributed by atoms with Gasteiger partial charge in [0.2, 0.25) is 5.89 Å². The number of nitrogens with one attached hydrogen (secondary N) is 1. The number of benzene rings is 2. The van der Waals surface area contributed by atoms with Crippen LogP contribution < -0.4 is 5.32 Å². The summed E-state index contributed by atoms with van der Waals surface area (Å²) >= 11 is 5.93. The van der Waals surface area contributed by atoms with E-state index in [2.05, 4.69) is 15.5 Å². The van der Waals surface area contributed by atoms with Gasteiger partial charge in [0.25, 0.3) is 0 Å². The number of rotatable bonds is 5. The zero-order chi connectivity index (χ0) is 14.5. The summed E-state index contributed by atoms with van der Waals surface area (Å²) in [6.45, 7) is 0.474. The van der Waals surface area contributed by atoms with Crippen LogP contribution in [-0.4, -0.2) is 10.1 Å². The number of aromatic nitrogens is 2. The van der Waals surface area contributed by atoms with Gasteiger partial charge in [-0.15, -0.1) is 0 Å². The van der Waals surface area contributed by atoms with Gasteiger partial charge in [-0.1, -0.05) is 53.2 Å². The third kappa shape index (κ3) is 3.83. The van der Waals surface area contributed by atoms with E-state index in [1.165, 1.54) is 0 Å². The molecule has 1 aromatic heterocycles. The molecule has 21 heavy (non-hydrogen) atoms. The lowest BCUT2D eigenvalue weighted by atomic mass is 10.1. The van der Waals surface area contributed by atoms with Crippen LogP contribution in [0.5, 0.6) is 0 Å². The molecule has 5 heteroatoms. The highest BCUT2D eigenvalue weighted by molar-refractivity contribution is 6.30. The molecule has 0 aliphatic carbocycles. The first-order valence-electron chi connectivity index (χ1n) is 6.64. The maximum atomic E-state index is 5.93. The van der Waals surface area contributed by atoms with Gasteiger partial charge in [-0.25, -0.2) is 0 Å². The number of hydrogen-bond acceptors (Lipinski definition) is 4. The molecule has 3 rings (SSSR count). The lowest BCUT2D eigenvalue weighted by Gasteiger charge is -2.02. The van der Waals surface area contributed by atoms with Gasteiger partial charge in [0, 0.05) is 17.1 Å². The van der Waals surface area contributed by atoms with E-state index in [4.69, 9.17) is 16.1 Å². The van der Waals surface area contributed by atoms with E-state index in [0.29, 0.717) is 29.7 Å². The Labute approximate surface area is 127 Å². The number of anilines is 1. The molecular weight excluding hydrogens is 286 g/mol. The minimum atomic E-state index is 0.474. The molecular formula is C16H14ClN3O. The molecule has 106 valence electrons. The van der Waals surface area contributed by atoms with Crippen molar-refractivity contribution in [2.75, 3.05) is 5.32 Å². The van der Waals surface area contributed by atoms with E-state index in [-0.39, 0.29) is 0 Å². The van der Waals surface area contributed by atoms with Crippen molar-refractivity contribution in [3.8, 4) is 0 Å². The lowest BCUT2D eigenvalue weighted by Crippen LogP contribution is -2.00. The van der Waals surface area contributed by atoms with E-state index < -0.39 is 0 Å². The van der Waals surface area contributed by atoms with Crippen molar-refractivity contribution in [2.24, 2.45) is 0 Å². The highest BCUT2D eigenvalue weighted by Gasteiger charge is 2.07. The average Bonchev–Trinajstić information content (AvgIpc) is 2.94. The molecule has 0 radical (unpaired) electrons. The predicted octanol–water partition coefficient (Wildman–Crippen LogP) is 3.93. The van der Waals surface area contributed by atoms with Crippen molar-refractivity contribution in [1.29, 1.82) is 0 Å². The Morgan fingerprint density at radius 1 is 1.05 bits per heavy atom. The summed E-state index contributed by atoms with van der Waals surface area (Å²) in [5, 5.41) is 7.88. The second-order valence-corrected chi connectivity index (χ2v) is 5.07. The van der Waals surface area contributed by atoms with Crippen molar-refractivity contribution in [3.63, 3.8) is 0 Å². The molecule has 0 aliphatic rings. The van der Waals surface area contributed by atoms with Crippen LogP contribution in [0.25, 0.3) is 0 Å². The molecule has 0 saturated carbocycles. The maximum absolute atomic E-state index is 5.93. The quantitative estimate of drug-likeness (QED) is 0.775. The van der Waals surface area contributed by atoms with E-state index in [1.54, 1.807) is 0 Å². The molecule has 0 amide bonds. The Morgan fingerprint density at radius 3 is 2.71 bits per heavy atom. The fourth-order valence-corrected chi connectivity index (χ4v) is 2.18. The standard InChI is InChI=1S/C16H14ClN3O/c17-13-7-4-8-14(10-13)18-11-16-19-15(20-21-16)9-12-5-2-1-3-6-12/h1-8,10,18H,9,11H2. The topological polar surface area (TPSA) is 51.0 Å². The van der Waals surface area contributed by atoms with Crippen molar-refractivity contribution in [1.82, 2.24) is 10.1 Å². The van der Waals surface area contributed by atoms with Crippen molar-refractivity contribution < 1.29 is 4.52 Å². The molecule has 3 aromatic rings. The smallest absolute Gasteiger partial charge is 0.245 e. The Morgan fingerprint density at radius 2 is 1.90 bits per heavy atom. The summed E-state index contributed by atoms with van der Waals surface area (Å²) in [5.74, 6) is 1.24. The molecule has 0 aliphatic heterocycles. The SMILES string of the molecule is Clc1cccc(NCc2nc(Cc3ccccc3)no2)c1. The van der Waals surface area contributed by atoms with Crippen LogP contribution >= 0.6 is 11.6 Å². The molecule has 1 N–H and O–H groups in total. The number of halogens is 1. The first-order chi connectivity index (χ1) is 10.3. The minimum Gasteiger partial charge on any atom is -0.376 e. The minimum absolute atomic E-state index is 0.474. The van der Waals surface area contributed by atoms with Crippen LogP contribution in [0, 0.1) is 0 Å². The summed E-state index contributed by atoms with van der Waals surface area (Å²) in [6.07, 6.45) is 0.668. The average molecular weight is 300 g/mol. The van der Waals surface area contributed by atoms with Gasteiger partial charge in [0.05, 0.1) is 6.54 Å². The molecule has 4 nitrogen and oxygen atoms in total. The van der Waals surface area contributed by atoms with Gasteiger partial charge in [-0.2, -0.15) is 4.98 Å². The van der Waals surface area contributed by atoms with Crippen molar-refractivity contribution in [3.05, 3.63) is 76.9 Å². The molecule has 0 atom stereocenters. The van der Waals surface area contributed by atoms with Gasteiger partial charge in [-0.05, 0) is 23.8 Å². The normalized spacial score (nSPS) is 10.5. The molecule has 1 heterocycles. The first-order valence-corrected chi connectivity index (χ1v) is 7.02. The highest BCUT2D eigenvalue weighted by Crippen LogP contribution is 2.15. The molecule has 0 bridgehead atoms. The molecule has 0 saturated heterocycles. The number of hydrogen-bond donors (Lipinski definition) is 1. The van der Waals surface area contributed by atoms with Gasteiger partial charge >= 0.3 is 0 Å². The molecule has 2 aromatic carbocycles. The molecule has 0 fully saturated rings. The Balaban J connectivity index is 1.60. The van der Waals surface area contributed by atoms with Crippen LogP contribution in [0.15, 0.2) is 59.1 Å². The Hall–Kier alpha value is -2.33. The number of nitrogens with zero attached hydrogens (tertiary/aromatic N) is 2. The zero-order valence-corrected chi connectivity index (χ0v) is 12.0. The van der Waals surface area contributed by atoms with Crippen molar-refractivity contribution in [2.45, 2.75) is 13.0 Å². The van der Waals surface area contributed by atoms with Gasteiger partial charge < -0.3 is 9.84 Å². The van der Waals surface area contributed by atoms with Crippen LogP contribution in [0.3, 0.4) is 0 Å². The predicted molar refractivity (Wildman–Crippen MR) is 82.3 cm³/mol. The Bertz CT molecular complexity index is 712. The lowest BCUT2D eigenvalue weighted by molar-refractivity contribution is 0.378. The van der Waals surface area contributed by atoms with Crippen LogP contribution in [0.1, 0.15) is 17.3 Å². The summed E-state index contributed by atoms with van der Waals surface area (Å²) in [7, 11) is 0. The van der Waals surface area contributed by atoms with Crippen LogP contribution in [-0.2, 0) is 13.0 Å².